The van der Waals surface area contributed by atoms with Crippen molar-refractivity contribution >= 4 is 40.1 Å². The fraction of sp³-hybridized carbons (Fsp3) is 0.273. The van der Waals surface area contributed by atoms with Crippen molar-refractivity contribution in [1.29, 1.82) is 0 Å². The van der Waals surface area contributed by atoms with Gasteiger partial charge in [-0.15, -0.1) is 0 Å². The van der Waals surface area contributed by atoms with Crippen LogP contribution in [0.15, 0.2) is 18.2 Å². The van der Waals surface area contributed by atoms with Crippen LogP contribution < -0.4 is 10.6 Å². The summed E-state index contributed by atoms with van der Waals surface area (Å²) in [6.45, 7) is 0.288. The Balaban J connectivity index is 2.58. The average molecular weight is 305 g/mol. The highest BCUT2D eigenvalue weighted by molar-refractivity contribution is 7.84. The summed E-state index contributed by atoms with van der Waals surface area (Å²) < 4.78 is 10.8. The minimum Gasteiger partial charge on any atom is -0.478 e. The summed E-state index contributed by atoms with van der Waals surface area (Å²) in [6, 6.07) is 3.63. The molecule has 0 saturated carbocycles. The number of anilines is 1. The van der Waals surface area contributed by atoms with E-state index in [0.29, 0.717) is 11.4 Å². The summed E-state index contributed by atoms with van der Waals surface area (Å²) in [7, 11) is -0.969. The molecule has 19 heavy (non-hydrogen) atoms. The molecule has 6 nitrogen and oxygen atoms in total. The summed E-state index contributed by atoms with van der Waals surface area (Å²) in [5, 5.41) is 13.8. The molecular weight excluding hydrogens is 292 g/mol. The van der Waals surface area contributed by atoms with E-state index in [0.717, 1.165) is 0 Å². The van der Waals surface area contributed by atoms with Crippen LogP contribution in [0.3, 0.4) is 0 Å². The van der Waals surface area contributed by atoms with Crippen molar-refractivity contribution in [2.75, 3.05) is 23.9 Å². The molecule has 104 valence electrons. The molecule has 0 bridgehead atoms. The van der Waals surface area contributed by atoms with E-state index in [9.17, 15) is 13.8 Å². The lowest BCUT2D eigenvalue weighted by molar-refractivity contribution is 0.0697. The Labute approximate surface area is 117 Å². The fourth-order valence-electron chi connectivity index (χ4n) is 1.25. The summed E-state index contributed by atoms with van der Waals surface area (Å²) in [5.74, 6) is -0.766. The van der Waals surface area contributed by atoms with Gasteiger partial charge in [0.05, 0.1) is 10.6 Å². The third-order valence-corrected chi connectivity index (χ3v) is 3.22. The molecule has 0 fully saturated rings. The van der Waals surface area contributed by atoms with Crippen LogP contribution in [0.1, 0.15) is 10.4 Å². The number of carbonyl (C=O) groups is 2. The number of urea groups is 1. The number of nitrogens with one attached hydrogen (secondary N) is 2. The molecule has 0 aliphatic rings. The van der Waals surface area contributed by atoms with E-state index in [2.05, 4.69) is 10.6 Å². The first-order valence-corrected chi connectivity index (χ1v) is 7.38. The van der Waals surface area contributed by atoms with Crippen LogP contribution in [0.25, 0.3) is 0 Å². The van der Waals surface area contributed by atoms with Crippen molar-refractivity contribution in [2.24, 2.45) is 0 Å². The first-order valence-electron chi connectivity index (χ1n) is 5.28. The van der Waals surface area contributed by atoms with Crippen molar-refractivity contribution in [3.8, 4) is 0 Å². The highest BCUT2D eigenvalue weighted by atomic mass is 35.5. The number of amides is 2. The highest BCUT2D eigenvalue weighted by Gasteiger charge is 2.10. The third kappa shape index (κ3) is 5.27. The molecule has 3 N–H and O–H groups in total. The maximum Gasteiger partial charge on any atom is 0.337 e. The van der Waals surface area contributed by atoms with E-state index >= 15 is 0 Å². The van der Waals surface area contributed by atoms with Crippen LogP contribution in [0.5, 0.6) is 0 Å². The highest BCUT2D eigenvalue weighted by Crippen LogP contribution is 2.20. The number of halogens is 1. The van der Waals surface area contributed by atoms with Gasteiger partial charge < -0.3 is 15.7 Å². The van der Waals surface area contributed by atoms with Crippen molar-refractivity contribution in [2.45, 2.75) is 0 Å². The molecule has 0 aliphatic heterocycles. The number of rotatable bonds is 5. The van der Waals surface area contributed by atoms with Crippen LogP contribution in [0.2, 0.25) is 5.02 Å². The van der Waals surface area contributed by atoms with Gasteiger partial charge in [-0.1, -0.05) is 11.6 Å². The molecule has 1 aromatic rings. The first kappa shape index (κ1) is 15.5. The molecule has 0 spiro atoms. The Bertz CT molecular complexity index is 521. The number of carboxylic acids is 1. The molecule has 0 aromatic heterocycles. The Hall–Kier alpha value is -1.60. The normalized spacial score (nSPS) is 11.7. The van der Waals surface area contributed by atoms with Gasteiger partial charge in [0.2, 0.25) is 0 Å². The number of carbonyl (C=O) groups excluding carboxylic acids is 1. The largest absolute Gasteiger partial charge is 0.478 e. The monoisotopic (exact) mass is 304 g/mol. The van der Waals surface area contributed by atoms with E-state index in [4.69, 9.17) is 16.7 Å². The second kappa shape index (κ2) is 7.10. The molecule has 1 unspecified atom stereocenters. The van der Waals surface area contributed by atoms with Gasteiger partial charge in [0.1, 0.15) is 0 Å². The maximum absolute atomic E-state index is 11.4. The second-order valence-electron chi connectivity index (χ2n) is 3.66. The number of carboxylic acid groups (broad SMARTS) is 1. The lowest BCUT2D eigenvalue weighted by Gasteiger charge is -2.08. The average Bonchev–Trinajstić information content (AvgIpc) is 2.27. The third-order valence-electron chi connectivity index (χ3n) is 2.13. The molecule has 0 heterocycles. The van der Waals surface area contributed by atoms with E-state index in [1.54, 1.807) is 6.26 Å². The van der Waals surface area contributed by atoms with E-state index in [1.807, 2.05) is 0 Å². The summed E-state index contributed by atoms with van der Waals surface area (Å²) in [5.41, 5.74) is 0.346. The second-order valence-corrected chi connectivity index (χ2v) is 5.62. The van der Waals surface area contributed by atoms with Crippen LogP contribution >= 0.6 is 11.6 Å². The molecule has 0 saturated heterocycles. The Morgan fingerprint density at radius 1 is 1.42 bits per heavy atom. The Kier molecular flexibility index (Phi) is 5.78. The Morgan fingerprint density at radius 3 is 2.63 bits per heavy atom. The minimum absolute atomic E-state index is 0.0333. The molecular formula is C11H13ClN2O4S. The lowest BCUT2D eigenvalue weighted by Crippen LogP contribution is -2.31. The predicted molar refractivity (Wildman–Crippen MR) is 74.4 cm³/mol. The molecule has 1 aromatic carbocycles. The van der Waals surface area contributed by atoms with Crippen molar-refractivity contribution in [1.82, 2.24) is 5.32 Å². The zero-order chi connectivity index (χ0) is 14.4. The topological polar surface area (TPSA) is 95.5 Å². The molecule has 2 amide bonds. The fourth-order valence-corrected chi connectivity index (χ4v) is 1.90. The van der Waals surface area contributed by atoms with Gasteiger partial charge in [-0.25, -0.2) is 9.59 Å². The van der Waals surface area contributed by atoms with Gasteiger partial charge in [-0.2, -0.15) is 0 Å². The van der Waals surface area contributed by atoms with Crippen LogP contribution in [-0.4, -0.2) is 39.9 Å². The summed E-state index contributed by atoms with van der Waals surface area (Å²) in [6.07, 6.45) is 1.55. The van der Waals surface area contributed by atoms with Crippen LogP contribution in [-0.2, 0) is 10.8 Å². The van der Waals surface area contributed by atoms with Gasteiger partial charge in [0, 0.05) is 35.0 Å². The molecule has 0 aliphatic carbocycles. The molecule has 1 rings (SSSR count). The summed E-state index contributed by atoms with van der Waals surface area (Å²) in [4.78, 5) is 22.2. The molecule has 1 atom stereocenters. The van der Waals surface area contributed by atoms with E-state index < -0.39 is 22.8 Å². The quantitative estimate of drug-likeness (QED) is 0.769. The van der Waals surface area contributed by atoms with Crippen molar-refractivity contribution in [3.63, 3.8) is 0 Å². The SMILES string of the molecule is CS(=O)CCNC(=O)Nc1ccc(C(=O)O)c(Cl)c1. The van der Waals surface area contributed by atoms with Gasteiger partial charge in [0.25, 0.3) is 0 Å². The van der Waals surface area contributed by atoms with Gasteiger partial charge in [-0.3, -0.25) is 4.21 Å². The zero-order valence-corrected chi connectivity index (χ0v) is 11.7. The van der Waals surface area contributed by atoms with E-state index in [-0.39, 0.29) is 17.1 Å². The zero-order valence-electron chi connectivity index (χ0n) is 10.1. The predicted octanol–water partition coefficient (Wildman–Crippen LogP) is 1.54. The first-order chi connectivity index (χ1) is 8.90. The van der Waals surface area contributed by atoms with Crippen molar-refractivity contribution < 1.29 is 18.9 Å². The minimum atomic E-state index is -1.13. The van der Waals surface area contributed by atoms with Gasteiger partial charge in [0.15, 0.2) is 0 Å². The lowest BCUT2D eigenvalue weighted by atomic mass is 10.2. The van der Waals surface area contributed by atoms with E-state index in [1.165, 1.54) is 18.2 Å². The summed E-state index contributed by atoms with van der Waals surface area (Å²) >= 11 is 5.76. The molecule has 8 heteroatoms. The number of hydrogen-bond donors (Lipinski definition) is 3. The smallest absolute Gasteiger partial charge is 0.337 e. The number of benzene rings is 1. The van der Waals surface area contributed by atoms with Crippen LogP contribution in [0.4, 0.5) is 10.5 Å². The number of aromatic carboxylic acids is 1. The van der Waals surface area contributed by atoms with Crippen LogP contribution in [0, 0.1) is 0 Å². The Morgan fingerprint density at radius 2 is 2.11 bits per heavy atom. The standard InChI is InChI=1S/C11H13ClN2O4S/c1-19(18)5-4-13-11(17)14-7-2-3-8(10(15)16)9(12)6-7/h2-3,6H,4-5H2,1H3,(H,15,16)(H2,13,14,17). The number of hydrogen-bond acceptors (Lipinski definition) is 3. The van der Waals surface area contributed by atoms with Gasteiger partial charge in [-0.05, 0) is 18.2 Å². The van der Waals surface area contributed by atoms with Gasteiger partial charge >= 0.3 is 12.0 Å². The van der Waals surface area contributed by atoms with Crippen molar-refractivity contribution in [3.05, 3.63) is 28.8 Å². The molecule has 0 radical (unpaired) electrons. The maximum atomic E-state index is 11.4.